The van der Waals surface area contributed by atoms with Gasteiger partial charge in [-0.2, -0.15) is 0 Å². The van der Waals surface area contributed by atoms with E-state index < -0.39 is 0 Å². The Morgan fingerprint density at radius 1 is 1.00 bits per heavy atom. The van der Waals surface area contributed by atoms with Crippen molar-refractivity contribution in [2.75, 3.05) is 23.9 Å². The van der Waals surface area contributed by atoms with E-state index in [1.807, 2.05) is 11.8 Å². The Bertz CT molecular complexity index is 174. The molecule has 0 amide bonds. The molecule has 2 aliphatic rings. The fourth-order valence-electron chi connectivity index (χ4n) is 1.98. The lowest BCUT2D eigenvalue weighted by Gasteiger charge is -2.29. The highest BCUT2D eigenvalue weighted by atomic mass is 32.2. The highest BCUT2D eigenvalue weighted by molar-refractivity contribution is 8.17. The first-order valence-corrected chi connectivity index (χ1v) is 9.35. The number of hydrogen-bond acceptors (Lipinski definition) is 4. The normalized spacial score (nSPS) is 40.9. The predicted molar refractivity (Wildman–Crippen MR) is 78.5 cm³/mol. The van der Waals surface area contributed by atoms with Crippen molar-refractivity contribution < 1.29 is 4.74 Å². The van der Waals surface area contributed by atoms with E-state index in [2.05, 4.69) is 37.4 Å². The van der Waals surface area contributed by atoms with Crippen LogP contribution in [-0.4, -0.2) is 33.9 Å². The molecule has 0 N–H and O–H groups in total. The maximum Gasteiger partial charge on any atom is 0.0999 e. The molecule has 0 spiro atoms. The van der Waals surface area contributed by atoms with Gasteiger partial charge in [0.25, 0.3) is 0 Å². The molecule has 1 nitrogen and oxygen atoms in total. The van der Waals surface area contributed by atoms with Crippen LogP contribution in [0.15, 0.2) is 0 Å². The van der Waals surface area contributed by atoms with Crippen molar-refractivity contribution in [3.8, 4) is 0 Å². The van der Waals surface area contributed by atoms with E-state index in [9.17, 15) is 0 Å². The summed E-state index contributed by atoms with van der Waals surface area (Å²) in [4.78, 5) is 0. The average Bonchev–Trinajstić information content (AvgIpc) is 2.30. The maximum absolute atomic E-state index is 5.70. The summed E-state index contributed by atoms with van der Waals surface area (Å²) in [6.45, 7) is 5.52. The minimum atomic E-state index is 0.426. The molecular weight excluding hydrogens is 256 g/mol. The predicted octanol–water partition coefficient (Wildman–Crippen LogP) is 3.93. The van der Waals surface area contributed by atoms with Gasteiger partial charge < -0.3 is 4.74 Å². The van der Waals surface area contributed by atoms with Gasteiger partial charge in [-0.25, -0.2) is 0 Å². The fraction of sp³-hybridized carbons (Fsp3) is 1.00. The third-order valence-electron chi connectivity index (χ3n) is 3.08. The molecule has 0 aliphatic carbocycles. The van der Waals surface area contributed by atoms with Gasteiger partial charge in [-0.05, 0) is 43.1 Å². The molecule has 2 unspecified atom stereocenters. The zero-order valence-electron chi connectivity index (χ0n) is 10.2. The lowest BCUT2D eigenvalue weighted by molar-refractivity contribution is 0.0834. The van der Waals surface area contributed by atoms with Crippen LogP contribution in [0, 0.1) is 11.8 Å². The van der Waals surface area contributed by atoms with Crippen molar-refractivity contribution in [1.29, 1.82) is 0 Å². The number of hydrogen-bond donors (Lipinski definition) is 0. The molecule has 2 aliphatic heterocycles. The Labute approximate surface area is 112 Å². The zero-order valence-corrected chi connectivity index (χ0v) is 12.6. The number of thioether (sulfide) groups is 3. The molecule has 0 aromatic heterocycles. The second kappa shape index (κ2) is 6.81. The van der Waals surface area contributed by atoms with Gasteiger partial charge in [0.15, 0.2) is 0 Å². The van der Waals surface area contributed by atoms with E-state index in [0.717, 1.165) is 23.0 Å². The molecule has 2 saturated heterocycles. The number of rotatable bonds is 3. The fourth-order valence-corrected chi connectivity index (χ4v) is 5.90. The van der Waals surface area contributed by atoms with Gasteiger partial charge in [0, 0.05) is 5.75 Å². The van der Waals surface area contributed by atoms with Crippen LogP contribution in [0.5, 0.6) is 0 Å². The Morgan fingerprint density at radius 3 is 2.38 bits per heavy atom. The van der Waals surface area contributed by atoms with E-state index in [1.54, 1.807) is 0 Å². The van der Waals surface area contributed by atoms with Crippen LogP contribution >= 0.6 is 35.3 Å². The zero-order chi connectivity index (χ0) is 11.4. The summed E-state index contributed by atoms with van der Waals surface area (Å²) in [6.07, 6.45) is 2.74. The summed E-state index contributed by atoms with van der Waals surface area (Å²) in [7, 11) is 0. The second-order valence-corrected chi connectivity index (χ2v) is 8.98. The molecule has 0 aromatic carbocycles. The Morgan fingerprint density at radius 2 is 1.75 bits per heavy atom. The average molecular weight is 279 g/mol. The van der Waals surface area contributed by atoms with Crippen molar-refractivity contribution in [2.24, 2.45) is 11.8 Å². The smallest absolute Gasteiger partial charge is 0.0999 e. The lowest BCUT2D eigenvalue weighted by atomic mass is 10.1. The van der Waals surface area contributed by atoms with Gasteiger partial charge in [0.2, 0.25) is 0 Å². The van der Waals surface area contributed by atoms with Crippen LogP contribution in [-0.2, 0) is 4.74 Å². The van der Waals surface area contributed by atoms with Crippen molar-refractivity contribution in [3.05, 3.63) is 0 Å². The molecule has 4 heteroatoms. The van der Waals surface area contributed by atoms with Gasteiger partial charge in [-0.15, -0.1) is 35.3 Å². The van der Waals surface area contributed by atoms with Crippen molar-refractivity contribution >= 4 is 35.3 Å². The van der Waals surface area contributed by atoms with E-state index in [-0.39, 0.29) is 0 Å². The van der Waals surface area contributed by atoms with Crippen LogP contribution in [0.2, 0.25) is 0 Å². The molecule has 16 heavy (non-hydrogen) atoms. The minimum Gasteiger partial charge on any atom is -0.368 e. The SMILES string of the molecule is CC1CSC(CCC2COC(C)SC2)SC1. The van der Waals surface area contributed by atoms with Gasteiger partial charge >= 0.3 is 0 Å². The van der Waals surface area contributed by atoms with Crippen LogP contribution < -0.4 is 0 Å². The van der Waals surface area contributed by atoms with Crippen molar-refractivity contribution in [3.63, 3.8) is 0 Å². The summed E-state index contributed by atoms with van der Waals surface area (Å²) in [6, 6.07) is 0. The van der Waals surface area contributed by atoms with Crippen molar-refractivity contribution in [2.45, 2.75) is 36.7 Å². The van der Waals surface area contributed by atoms with Gasteiger partial charge in [-0.1, -0.05) is 6.92 Å². The standard InChI is InChI=1S/C12H22OS3/c1-9-6-15-12(16-7-9)4-3-11-5-13-10(2)14-8-11/h9-12H,3-8H2,1-2H3. The first-order valence-electron chi connectivity index (χ1n) is 6.20. The summed E-state index contributed by atoms with van der Waals surface area (Å²) in [5, 5.41) is 0. The van der Waals surface area contributed by atoms with Gasteiger partial charge in [0.05, 0.1) is 16.6 Å². The molecule has 2 rings (SSSR count). The molecule has 2 heterocycles. The third kappa shape index (κ3) is 4.35. The molecule has 2 fully saturated rings. The van der Waals surface area contributed by atoms with Crippen LogP contribution in [0.1, 0.15) is 26.7 Å². The van der Waals surface area contributed by atoms with Gasteiger partial charge in [0.1, 0.15) is 0 Å². The molecule has 0 aromatic rings. The number of ether oxygens (including phenoxy) is 1. The minimum absolute atomic E-state index is 0.426. The Hall–Kier alpha value is 1.01. The topological polar surface area (TPSA) is 9.23 Å². The van der Waals surface area contributed by atoms with Gasteiger partial charge in [-0.3, -0.25) is 0 Å². The summed E-state index contributed by atoms with van der Waals surface area (Å²) < 4.78 is 6.56. The molecule has 0 saturated carbocycles. The Kier molecular flexibility index (Phi) is 5.72. The highest BCUT2D eigenvalue weighted by Crippen LogP contribution is 2.37. The van der Waals surface area contributed by atoms with E-state index in [4.69, 9.17) is 4.74 Å². The first-order chi connectivity index (χ1) is 7.74. The summed E-state index contributed by atoms with van der Waals surface area (Å²) in [5.41, 5.74) is 0.426. The highest BCUT2D eigenvalue weighted by Gasteiger charge is 2.23. The van der Waals surface area contributed by atoms with Crippen LogP contribution in [0.4, 0.5) is 0 Å². The lowest BCUT2D eigenvalue weighted by Crippen LogP contribution is -2.24. The molecule has 0 bridgehead atoms. The first kappa shape index (κ1) is 13.4. The quantitative estimate of drug-likeness (QED) is 0.773. The maximum atomic E-state index is 5.70. The van der Waals surface area contributed by atoms with E-state index in [1.165, 1.54) is 30.1 Å². The third-order valence-corrected chi connectivity index (χ3v) is 7.90. The second-order valence-electron chi connectivity index (χ2n) is 4.88. The van der Waals surface area contributed by atoms with E-state index in [0.29, 0.717) is 5.44 Å². The monoisotopic (exact) mass is 278 g/mol. The van der Waals surface area contributed by atoms with E-state index >= 15 is 0 Å². The molecule has 94 valence electrons. The van der Waals surface area contributed by atoms with Crippen LogP contribution in [0.25, 0.3) is 0 Å². The summed E-state index contributed by atoms with van der Waals surface area (Å²) in [5.74, 6) is 5.76. The Balaban J connectivity index is 1.60. The molecular formula is C12H22OS3. The largest absolute Gasteiger partial charge is 0.368 e. The van der Waals surface area contributed by atoms with Crippen molar-refractivity contribution in [1.82, 2.24) is 0 Å². The molecule has 2 atom stereocenters. The van der Waals surface area contributed by atoms with Crippen LogP contribution in [0.3, 0.4) is 0 Å². The molecule has 0 radical (unpaired) electrons. The summed E-state index contributed by atoms with van der Waals surface area (Å²) >= 11 is 6.33.